The Bertz CT molecular complexity index is 394. The number of carbonyl (C=O) groups excluding carboxylic acids is 1. The van der Waals surface area contributed by atoms with Crippen LogP contribution in [-0.2, 0) is 0 Å². The molecule has 0 atom stereocenters. The summed E-state index contributed by atoms with van der Waals surface area (Å²) in [4.78, 5) is 13.3. The fourth-order valence-electron chi connectivity index (χ4n) is 2.79. The first kappa shape index (κ1) is 12.2. The van der Waals surface area contributed by atoms with E-state index in [1.54, 1.807) is 0 Å². The first-order valence-electron chi connectivity index (χ1n) is 6.47. The molecule has 0 amide bonds. The molecular formula is C15H21NO. The highest BCUT2D eigenvalue weighted by molar-refractivity contribution is 5.84. The summed E-state index contributed by atoms with van der Waals surface area (Å²) in [5, 5.41) is 0. The van der Waals surface area contributed by atoms with E-state index in [0.717, 1.165) is 35.6 Å². The first-order chi connectivity index (χ1) is 8.20. The van der Waals surface area contributed by atoms with Gasteiger partial charge in [-0.25, -0.2) is 0 Å². The van der Waals surface area contributed by atoms with Gasteiger partial charge >= 0.3 is 0 Å². The molecule has 0 N–H and O–H groups in total. The van der Waals surface area contributed by atoms with E-state index in [1.807, 2.05) is 13.0 Å². The molecule has 17 heavy (non-hydrogen) atoms. The average Bonchev–Trinajstić information content (AvgIpc) is 2.81. The number of hydrogen-bond donors (Lipinski definition) is 0. The van der Waals surface area contributed by atoms with Crippen molar-refractivity contribution in [3.63, 3.8) is 0 Å². The second kappa shape index (κ2) is 5.35. The Hall–Kier alpha value is -1.31. The normalized spacial score (nSPS) is 16.1. The van der Waals surface area contributed by atoms with Gasteiger partial charge in [0, 0.05) is 24.8 Å². The van der Waals surface area contributed by atoms with E-state index >= 15 is 0 Å². The van der Waals surface area contributed by atoms with Crippen molar-refractivity contribution in [1.29, 1.82) is 0 Å². The smallest absolute Gasteiger partial charge is 0.152 e. The molecule has 1 fully saturated rings. The fourth-order valence-corrected chi connectivity index (χ4v) is 2.79. The molecule has 0 aliphatic heterocycles. The van der Waals surface area contributed by atoms with Crippen molar-refractivity contribution in [3.8, 4) is 0 Å². The predicted molar refractivity (Wildman–Crippen MR) is 71.8 cm³/mol. The summed E-state index contributed by atoms with van der Waals surface area (Å²) in [7, 11) is 2.09. The van der Waals surface area contributed by atoms with E-state index in [9.17, 15) is 4.79 Å². The number of hydrogen-bond acceptors (Lipinski definition) is 2. The highest BCUT2D eigenvalue weighted by Crippen LogP contribution is 2.28. The number of anilines is 1. The minimum atomic E-state index is 0.806. The standard InChI is InChI=1S/C15H21NO/c1-12-7-8-15(14(9-12)11-17)16(2)10-13-5-3-4-6-13/h7-9,11,13H,3-6,10H2,1-2H3. The zero-order chi connectivity index (χ0) is 12.3. The van der Waals surface area contributed by atoms with E-state index in [1.165, 1.54) is 25.7 Å². The Labute approximate surface area is 104 Å². The summed E-state index contributed by atoms with van der Waals surface area (Å²) in [6.45, 7) is 3.09. The van der Waals surface area contributed by atoms with Crippen molar-refractivity contribution in [3.05, 3.63) is 29.3 Å². The minimum absolute atomic E-state index is 0.806. The van der Waals surface area contributed by atoms with E-state index in [2.05, 4.69) is 24.1 Å². The Morgan fingerprint density at radius 1 is 1.35 bits per heavy atom. The largest absolute Gasteiger partial charge is 0.374 e. The minimum Gasteiger partial charge on any atom is -0.374 e. The van der Waals surface area contributed by atoms with Crippen molar-refractivity contribution < 1.29 is 4.79 Å². The number of aryl methyl sites for hydroxylation is 1. The fraction of sp³-hybridized carbons (Fsp3) is 0.533. The lowest BCUT2D eigenvalue weighted by atomic mass is 10.1. The van der Waals surface area contributed by atoms with Crippen molar-refractivity contribution >= 4 is 12.0 Å². The molecule has 0 saturated heterocycles. The van der Waals surface area contributed by atoms with Crippen molar-refractivity contribution in [2.45, 2.75) is 32.6 Å². The second-order valence-electron chi connectivity index (χ2n) is 5.21. The molecule has 2 heteroatoms. The van der Waals surface area contributed by atoms with Gasteiger partial charge in [-0.05, 0) is 37.8 Å². The number of carbonyl (C=O) groups is 1. The molecule has 1 aromatic carbocycles. The summed E-state index contributed by atoms with van der Waals surface area (Å²) in [6, 6.07) is 6.11. The third-order valence-electron chi connectivity index (χ3n) is 3.73. The van der Waals surface area contributed by atoms with Gasteiger partial charge in [0.2, 0.25) is 0 Å². The Morgan fingerprint density at radius 3 is 2.71 bits per heavy atom. The van der Waals surface area contributed by atoms with Crippen LogP contribution in [0.3, 0.4) is 0 Å². The zero-order valence-corrected chi connectivity index (χ0v) is 10.8. The second-order valence-corrected chi connectivity index (χ2v) is 5.21. The van der Waals surface area contributed by atoms with Crippen LogP contribution in [0.25, 0.3) is 0 Å². The Balaban J connectivity index is 2.11. The maximum atomic E-state index is 11.1. The maximum absolute atomic E-state index is 11.1. The van der Waals surface area contributed by atoms with Gasteiger partial charge in [0.05, 0.1) is 0 Å². The quantitative estimate of drug-likeness (QED) is 0.740. The van der Waals surface area contributed by atoms with E-state index in [-0.39, 0.29) is 0 Å². The lowest BCUT2D eigenvalue weighted by Gasteiger charge is -2.24. The van der Waals surface area contributed by atoms with Crippen LogP contribution in [0.2, 0.25) is 0 Å². The SMILES string of the molecule is Cc1ccc(N(C)CC2CCCC2)c(C=O)c1. The number of rotatable bonds is 4. The third-order valence-corrected chi connectivity index (χ3v) is 3.73. The van der Waals surface area contributed by atoms with E-state index in [0.29, 0.717) is 0 Å². The molecule has 2 nitrogen and oxygen atoms in total. The first-order valence-corrected chi connectivity index (χ1v) is 6.47. The molecule has 1 aliphatic rings. The van der Waals surface area contributed by atoms with E-state index < -0.39 is 0 Å². The summed E-state index contributed by atoms with van der Waals surface area (Å²) in [5.74, 6) is 0.806. The van der Waals surface area contributed by atoms with Crippen molar-refractivity contribution in [2.24, 2.45) is 5.92 Å². The summed E-state index contributed by atoms with van der Waals surface area (Å²) in [6.07, 6.45) is 6.38. The van der Waals surface area contributed by atoms with Gasteiger partial charge in [-0.15, -0.1) is 0 Å². The summed E-state index contributed by atoms with van der Waals surface area (Å²) in [5.41, 5.74) is 3.02. The summed E-state index contributed by atoms with van der Waals surface area (Å²) < 4.78 is 0. The van der Waals surface area contributed by atoms with Gasteiger partial charge in [0.15, 0.2) is 6.29 Å². The van der Waals surface area contributed by atoms with Crippen LogP contribution in [-0.4, -0.2) is 19.9 Å². The highest BCUT2D eigenvalue weighted by Gasteiger charge is 2.18. The number of nitrogens with zero attached hydrogens (tertiary/aromatic N) is 1. The lowest BCUT2D eigenvalue weighted by molar-refractivity contribution is 0.112. The lowest BCUT2D eigenvalue weighted by Crippen LogP contribution is -2.25. The van der Waals surface area contributed by atoms with E-state index in [4.69, 9.17) is 0 Å². The van der Waals surface area contributed by atoms with Crippen molar-refractivity contribution in [2.75, 3.05) is 18.5 Å². The number of aldehydes is 1. The molecule has 0 radical (unpaired) electrons. The number of benzene rings is 1. The van der Waals surface area contributed by atoms with Crippen LogP contribution < -0.4 is 4.90 Å². The van der Waals surface area contributed by atoms with Crippen molar-refractivity contribution in [1.82, 2.24) is 0 Å². The Kier molecular flexibility index (Phi) is 3.82. The average molecular weight is 231 g/mol. The van der Waals surface area contributed by atoms with Crippen LogP contribution >= 0.6 is 0 Å². The maximum Gasteiger partial charge on any atom is 0.152 e. The molecular weight excluding hydrogens is 210 g/mol. The summed E-state index contributed by atoms with van der Waals surface area (Å²) >= 11 is 0. The molecule has 2 rings (SSSR count). The molecule has 0 spiro atoms. The van der Waals surface area contributed by atoms with Crippen LogP contribution in [0.4, 0.5) is 5.69 Å². The molecule has 0 unspecified atom stereocenters. The van der Waals surface area contributed by atoms with Crippen LogP contribution in [0.1, 0.15) is 41.6 Å². The monoisotopic (exact) mass is 231 g/mol. The van der Waals surface area contributed by atoms with Gasteiger partial charge < -0.3 is 4.90 Å². The van der Waals surface area contributed by atoms with Crippen LogP contribution in [0.15, 0.2) is 18.2 Å². The van der Waals surface area contributed by atoms with Gasteiger partial charge in [0.1, 0.15) is 0 Å². The van der Waals surface area contributed by atoms with Crippen LogP contribution in [0.5, 0.6) is 0 Å². The highest BCUT2D eigenvalue weighted by atomic mass is 16.1. The molecule has 0 heterocycles. The van der Waals surface area contributed by atoms with Gasteiger partial charge in [-0.1, -0.05) is 24.5 Å². The molecule has 92 valence electrons. The molecule has 1 saturated carbocycles. The van der Waals surface area contributed by atoms with Gasteiger partial charge in [0.25, 0.3) is 0 Å². The Morgan fingerprint density at radius 2 is 2.06 bits per heavy atom. The predicted octanol–water partition coefficient (Wildman–Crippen LogP) is 3.43. The molecule has 1 aromatic rings. The van der Waals surface area contributed by atoms with Crippen LogP contribution in [0, 0.1) is 12.8 Å². The molecule has 0 aromatic heterocycles. The zero-order valence-electron chi connectivity index (χ0n) is 10.8. The third kappa shape index (κ3) is 2.87. The molecule has 0 bridgehead atoms. The van der Waals surface area contributed by atoms with Gasteiger partial charge in [-0.2, -0.15) is 0 Å². The topological polar surface area (TPSA) is 20.3 Å². The van der Waals surface area contributed by atoms with Gasteiger partial charge in [-0.3, -0.25) is 4.79 Å². The molecule has 1 aliphatic carbocycles.